The van der Waals surface area contributed by atoms with Gasteiger partial charge in [-0.15, -0.1) is 0 Å². The minimum atomic E-state index is -4.46. The van der Waals surface area contributed by atoms with E-state index in [0.717, 1.165) is 0 Å². The quantitative estimate of drug-likeness (QED) is 0.846. The lowest BCUT2D eigenvalue weighted by Crippen LogP contribution is -2.33. The number of alkyl halides is 3. The monoisotopic (exact) mass is 274 g/mol. The number of hydrogen-bond donors (Lipinski definition) is 0. The van der Waals surface area contributed by atoms with Crippen LogP contribution in [-0.2, 0) is 4.79 Å². The number of nitrogens with zero attached hydrogens (tertiary/aromatic N) is 2. The molecule has 1 amide bonds. The van der Waals surface area contributed by atoms with Crippen LogP contribution in [0.15, 0.2) is 24.5 Å². The summed E-state index contributed by atoms with van der Waals surface area (Å²) in [6.45, 7) is 0.488. The van der Waals surface area contributed by atoms with Crippen LogP contribution in [0.5, 0.6) is 5.75 Å². The molecule has 0 aromatic carbocycles. The molecule has 7 heteroatoms. The number of aromatic nitrogens is 1. The smallest absolute Gasteiger partial charge is 0.397 e. The van der Waals surface area contributed by atoms with Crippen molar-refractivity contribution in [3.05, 3.63) is 24.5 Å². The second kappa shape index (κ2) is 5.46. The van der Waals surface area contributed by atoms with Crippen LogP contribution in [0, 0.1) is 0 Å². The normalized spacial score (nSPS) is 19.5. The van der Waals surface area contributed by atoms with Gasteiger partial charge in [-0.05, 0) is 12.1 Å². The van der Waals surface area contributed by atoms with Crippen molar-refractivity contribution in [3.8, 4) is 5.75 Å². The Balaban J connectivity index is 1.85. The van der Waals surface area contributed by atoms with Crippen LogP contribution in [0.4, 0.5) is 13.2 Å². The zero-order valence-corrected chi connectivity index (χ0v) is 10.1. The minimum absolute atomic E-state index is 0.192. The highest BCUT2D eigenvalue weighted by atomic mass is 19.4. The Morgan fingerprint density at radius 1 is 1.42 bits per heavy atom. The summed E-state index contributed by atoms with van der Waals surface area (Å²) in [5.41, 5.74) is 0. The van der Waals surface area contributed by atoms with Gasteiger partial charge in [-0.3, -0.25) is 9.78 Å². The average Bonchev–Trinajstić information content (AvgIpc) is 2.77. The van der Waals surface area contributed by atoms with Crippen LogP contribution in [0.2, 0.25) is 0 Å². The molecule has 4 nitrogen and oxygen atoms in total. The molecule has 2 heterocycles. The molecule has 19 heavy (non-hydrogen) atoms. The van der Waals surface area contributed by atoms with Crippen LogP contribution in [0.25, 0.3) is 0 Å². The van der Waals surface area contributed by atoms with Gasteiger partial charge in [0.25, 0.3) is 0 Å². The Hall–Kier alpha value is -1.79. The van der Waals surface area contributed by atoms with Crippen molar-refractivity contribution in [1.82, 2.24) is 9.88 Å². The van der Waals surface area contributed by atoms with Crippen LogP contribution in [0.1, 0.15) is 12.8 Å². The molecular weight excluding hydrogens is 261 g/mol. The van der Waals surface area contributed by atoms with Crippen LogP contribution in [-0.4, -0.2) is 41.2 Å². The first-order valence-corrected chi connectivity index (χ1v) is 5.85. The summed E-state index contributed by atoms with van der Waals surface area (Å²) in [5.74, 6) is -0.293. The molecule has 1 fully saturated rings. The summed E-state index contributed by atoms with van der Waals surface area (Å²) in [7, 11) is 0. The van der Waals surface area contributed by atoms with Crippen molar-refractivity contribution in [3.63, 3.8) is 0 Å². The van der Waals surface area contributed by atoms with Gasteiger partial charge in [-0.1, -0.05) is 0 Å². The van der Waals surface area contributed by atoms with E-state index >= 15 is 0 Å². The zero-order valence-electron chi connectivity index (χ0n) is 10.1. The summed E-state index contributed by atoms with van der Waals surface area (Å²) in [6, 6.07) is 3.33. The summed E-state index contributed by atoms with van der Waals surface area (Å²) in [4.78, 5) is 16.4. The van der Waals surface area contributed by atoms with E-state index in [4.69, 9.17) is 4.74 Å². The Bertz CT molecular complexity index is 436. The molecule has 1 aliphatic rings. The first kappa shape index (κ1) is 13.6. The summed E-state index contributed by atoms with van der Waals surface area (Å²) >= 11 is 0. The lowest BCUT2D eigenvalue weighted by Gasteiger charge is -2.18. The van der Waals surface area contributed by atoms with E-state index in [2.05, 4.69) is 4.98 Å². The Morgan fingerprint density at radius 3 is 2.74 bits per heavy atom. The van der Waals surface area contributed by atoms with Gasteiger partial charge in [0.2, 0.25) is 5.91 Å². The van der Waals surface area contributed by atoms with E-state index in [-0.39, 0.29) is 12.6 Å². The van der Waals surface area contributed by atoms with Gasteiger partial charge in [0.05, 0.1) is 6.54 Å². The fraction of sp³-hybridized carbons (Fsp3) is 0.500. The zero-order chi connectivity index (χ0) is 13.9. The maximum atomic E-state index is 12.1. The van der Waals surface area contributed by atoms with Gasteiger partial charge < -0.3 is 9.64 Å². The highest BCUT2D eigenvalue weighted by Crippen LogP contribution is 2.23. The molecule has 0 N–H and O–H groups in total. The first-order valence-electron chi connectivity index (χ1n) is 5.85. The lowest BCUT2D eigenvalue weighted by atomic mass is 10.3. The molecule has 1 aliphatic heterocycles. The van der Waals surface area contributed by atoms with Crippen LogP contribution >= 0.6 is 0 Å². The van der Waals surface area contributed by atoms with Gasteiger partial charge in [-0.25, -0.2) is 0 Å². The van der Waals surface area contributed by atoms with Crippen molar-refractivity contribution in [2.75, 3.05) is 13.1 Å². The number of amides is 1. The maximum Gasteiger partial charge on any atom is 0.397 e. The van der Waals surface area contributed by atoms with Crippen LogP contribution in [0.3, 0.4) is 0 Å². The van der Waals surface area contributed by atoms with E-state index < -0.39 is 18.5 Å². The van der Waals surface area contributed by atoms with Crippen molar-refractivity contribution in [1.29, 1.82) is 0 Å². The minimum Gasteiger partial charge on any atom is -0.488 e. The number of rotatable bonds is 3. The second-order valence-electron chi connectivity index (χ2n) is 4.34. The molecule has 1 aromatic rings. The molecule has 104 valence electrons. The number of hydrogen-bond acceptors (Lipinski definition) is 3. The van der Waals surface area contributed by atoms with E-state index in [9.17, 15) is 18.0 Å². The van der Waals surface area contributed by atoms with Gasteiger partial charge in [0.1, 0.15) is 18.3 Å². The summed E-state index contributed by atoms with van der Waals surface area (Å²) in [6.07, 6.45) is -2.46. The molecule has 0 radical (unpaired) electrons. The molecule has 1 aromatic heterocycles. The molecule has 2 rings (SSSR count). The van der Waals surface area contributed by atoms with E-state index in [1.807, 2.05) is 0 Å². The largest absolute Gasteiger partial charge is 0.488 e. The van der Waals surface area contributed by atoms with Gasteiger partial charge in [-0.2, -0.15) is 13.2 Å². The number of pyridine rings is 1. The van der Waals surface area contributed by atoms with Crippen LogP contribution < -0.4 is 4.74 Å². The number of carbonyl (C=O) groups is 1. The molecule has 0 bridgehead atoms. The molecule has 0 unspecified atom stereocenters. The maximum absolute atomic E-state index is 12.1. The predicted octanol–water partition coefficient (Wildman–Crippen LogP) is 2.01. The number of halogens is 3. The third-order valence-electron chi connectivity index (χ3n) is 2.80. The fourth-order valence-corrected chi connectivity index (χ4v) is 1.94. The van der Waals surface area contributed by atoms with E-state index in [0.29, 0.717) is 18.7 Å². The van der Waals surface area contributed by atoms with Crippen molar-refractivity contribution >= 4 is 5.91 Å². The number of carbonyl (C=O) groups excluding carboxylic acids is 1. The molecule has 0 saturated carbocycles. The summed E-state index contributed by atoms with van der Waals surface area (Å²) in [5, 5.41) is 0. The number of likely N-dealkylation sites (tertiary alicyclic amines) is 1. The molecule has 1 atom stereocenters. The first-order chi connectivity index (χ1) is 8.94. The lowest BCUT2D eigenvalue weighted by molar-refractivity contribution is -0.160. The highest BCUT2D eigenvalue weighted by molar-refractivity contribution is 5.77. The Labute approximate surface area is 108 Å². The highest BCUT2D eigenvalue weighted by Gasteiger charge is 2.36. The fourth-order valence-electron chi connectivity index (χ4n) is 1.94. The van der Waals surface area contributed by atoms with Gasteiger partial charge >= 0.3 is 6.18 Å². The molecule has 0 aliphatic carbocycles. The average molecular weight is 274 g/mol. The van der Waals surface area contributed by atoms with Crippen molar-refractivity contribution < 1.29 is 22.7 Å². The molecular formula is C12H13F3N2O2. The van der Waals surface area contributed by atoms with Crippen molar-refractivity contribution in [2.45, 2.75) is 25.1 Å². The Kier molecular flexibility index (Phi) is 3.92. The summed E-state index contributed by atoms with van der Waals surface area (Å²) < 4.78 is 41.9. The SMILES string of the molecule is O=C(CC(F)(F)F)N1CC[C@H](Oc2ccncc2)C1. The van der Waals surface area contributed by atoms with E-state index in [1.54, 1.807) is 24.5 Å². The molecule has 1 saturated heterocycles. The van der Waals surface area contributed by atoms with E-state index in [1.165, 1.54) is 4.90 Å². The topological polar surface area (TPSA) is 42.4 Å². The molecule has 0 spiro atoms. The number of ether oxygens (including phenoxy) is 1. The third-order valence-corrected chi connectivity index (χ3v) is 2.80. The Morgan fingerprint density at radius 2 is 2.11 bits per heavy atom. The standard InChI is InChI=1S/C12H13F3N2O2/c13-12(14,15)7-11(18)17-6-3-10(8-17)19-9-1-4-16-5-2-9/h1-2,4-5,10H,3,6-8H2/t10-/m0/s1. The van der Waals surface area contributed by atoms with Crippen molar-refractivity contribution in [2.24, 2.45) is 0 Å². The third kappa shape index (κ3) is 4.11. The van der Waals surface area contributed by atoms with Gasteiger partial charge in [0.15, 0.2) is 0 Å². The second-order valence-corrected chi connectivity index (χ2v) is 4.34. The van der Waals surface area contributed by atoms with Gasteiger partial charge in [0, 0.05) is 25.4 Å². The predicted molar refractivity (Wildman–Crippen MR) is 60.5 cm³/mol.